The van der Waals surface area contributed by atoms with Crippen molar-refractivity contribution in [3.63, 3.8) is 0 Å². The summed E-state index contributed by atoms with van der Waals surface area (Å²) in [5, 5.41) is 26.5. The lowest BCUT2D eigenvalue weighted by atomic mass is 10.1. The Morgan fingerprint density at radius 3 is 2.76 bits per heavy atom. The summed E-state index contributed by atoms with van der Waals surface area (Å²) < 4.78 is 1.71. The fourth-order valence-corrected chi connectivity index (χ4v) is 5.17. The van der Waals surface area contributed by atoms with E-state index < -0.39 is 0 Å². The van der Waals surface area contributed by atoms with Crippen LogP contribution in [0, 0.1) is 0 Å². The van der Waals surface area contributed by atoms with Gasteiger partial charge in [0.05, 0.1) is 5.52 Å². The summed E-state index contributed by atoms with van der Waals surface area (Å²) in [6.07, 6.45) is 3.89. The van der Waals surface area contributed by atoms with Gasteiger partial charge < -0.3 is 10.1 Å². The number of rotatable bonds is 5. The molecule has 9 heteroatoms. The zero-order chi connectivity index (χ0) is 22.5. The minimum Gasteiger partial charge on any atom is -0.411 e. The van der Waals surface area contributed by atoms with Crippen LogP contribution in [0.4, 0.5) is 0 Å². The third-order valence-corrected chi connectivity index (χ3v) is 7.03. The van der Waals surface area contributed by atoms with Crippen molar-refractivity contribution in [1.29, 1.82) is 0 Å². The normalized spacial score (nSPS) is 21.6. The highest BCUT2D eigenvalue weighted by Crippen LogP contribution is 2.30. The van der Waals surface area contributed by atoms with E-state index in [1.54, 1.807) is 17.5 Å². The summed E-state index contributed by atoms with van der Waals surface area (Å²) >= 11 is 0. The summed E-state index contributed by atoms with van der Waals surface area (Å²) in [6.45, 7) is 4.98. The molecule has 6 rings (SSSR count). The highest BCUT2D eigenvalue weighted by molar-refractivity contribution is 5.96. The summed E-state index contributed by atoms with van der Waals surface area (Å²) in [6, 6.07) is 13.6. The molecule has 0 unspecified atom stereocenters. The Kier molecular flexibility index (Phi) is 4.81. The second kappa shape index (κ2) is 7.86. The topological polar surface area (TPSA) is 95.0 Å². The number of oxime groups is 1. The fourth-order valence-electron chi connectivity index (χ4n) is 5.17. The summed E-state index contributed by atoms with van der Waals surface area (Å²) in [5.41, 5.74) is 5.06. The zero-order valence-corrected chi connectivity index (χ0v) is 18.8. The van der Waals surface area contributed by atoms with Crippen LogP contribution in [-0.2, 0) is 13.0 Å². The predicted octanol–water partition coefficient (Wildman–Crippen LogP) is 2.35. The first-order valence-corrected chi connectivity index (χ1v) is 11.3. The van der Waals surface area contributed by atoms with Gasteiger partial charge in [-0.1, -0.05) is 11.2 Å². The molecule has 2 saturated heterocycles. The van der Waals surface area contributed by atoms with Crippen molar-refractivity contribution in [2.75, 3.05) is 20.1 Å². The van der Waals surface area contributed by atoms with Crippen molar-refractivity contribution in [2.24, 2.45) is 5.16 Å². The van der Waals surface area contributed by atoms with Gasteiger partial charge >= 0.3 is 0 Å². The summed E-state index contributed by atoms with van der Waals surface area (Å²) in [5.74, 6) is 0.735. The standard InChI is InChI=1S/C24H26N8O/c1-15(29-33)21-5-6-23-26-27-24(32(23)28-21)9-16-3-4-22-18(7-16)8-17(11-25-22)12-31-14-19-10-20(31)13-30(19)2/h3-8,11,19-20,33H,9-10,12-14H2,1-2H3/b29-15+/t19-,20-/m0/s1. The van der Waals surface area contributed by atoms with E-state index in [-0.39, 0.29) is 0 Å². The van der Waals surface area contributed by atoms with E-state index in [2.05, 4.69) is 61.6 Å². The molecule has 2 fully saturated rings. The lowest BCUT2D eigenvalue weighted by Gasteiger charge is -2.31. The van der Waals surface area contributed by atoms with Crippen LogP contribution >= 0.6 is 0 Å². The van der Waals surface area contributed by atoms with Crippen LogP contribution in [0.3, 0.4) is 0 Å². The number of likely N-dealkylation sites (N-methyl/N-ethyl adjacent to an activating group) is 1. The molecule has 168 valence electrons. The Hall–Kier alpha value is -3.43. The lowest BCUT2D eigenvalue weighted by Crippen LogP contribution is -2.43. The number of fused-ring (bicyclic) bond motifs is 4. The molecule has 4 aromatic rings. The van der Waals surface area contributed by atoms with E-state index in [9.17, 15) is 0 Å². The van der Waals surface area contributed by atoms with Crippen molar-refractivity contribution in [1.82, 2.24) is 34.6 Å². The van der Waals surface area contributed by atoms with Crippen molar-refractivity contribution in [2.45, 2.75) is 38.4 Å². The van der Waals surface area contributed by atoms with Crippen LogP contribution in [-0.4, -0.2) is 77.7 Å². The largest absolute Gasteiger partial charge is 0.411 e. The first kappa shape index (κ1) is 20.2. The molecule has 0 spiro atoms. The molecule has 2 bridgehead atoms. The lowest BCUT2D eigenvalue weighted by molar-refractivity contribution is 0.143. The minimum absolute atomic E-state index is 0.443. The molecule has 1 aromatic carbocycles. The van der Waals surface area contributed by atoms with Gasteiger partial charge in [-0.05, 0) is 61.9 Å². The van der Waals surface area contributed by atoms with Gasteiger partial charge in [0.15, 0.2) is 11.5 Å². The first-order valence-electron chi connectivity index (χ1n) is 11.3. The van der Waals surface area contributed by atoms with Gasteiger partial charge in [0, 0.05) is 49.7 Å². The Morgan fingerprint density at radius 2 is 1.97 bits per heavy atom. The number of benzene rings is 1. The van der Waals surface area contributed by atoms with Gasteiger partial charge in [-0.3, -0.25) is 9.88 Å². The molecule has 0 saturated carbocycles. The Bertz CT molecular complexity index is 1380. The number of nitrogens with zero attached hydrogens (tertiary/aromatic N) is 8. The fraction of sp³-hybridized carbons (Fsp3) is 0.375. The molecule has 0 radical (unpaired) electrons. The number of aromatic nitrogens is 5. The number of piperazine rings is 1. The maximum Gasteiger partial charge on any atom is 0.177 e. The van der Waals surface area contributed by atoms with Gasteiger partial charge in [0.25, 0.3) is 0 Å². The third-order valence-electron chi connectivity index (χ3n) is 7.03. The molecular weight excluding hydrogens is 416 g/mol. The first-order chi connectivity index (χ1) is 16.1. The van der Waals surface area contributed by atoms with E-state index >= 15 is 0 Å². The van der Waals surface area contributed by atoms with Gasteiger partial charge in [-0.15, -0.1) is 10.2 Å². The number of hydrogen-bond donors (Lipinski definition) is 1. The predicted molar refractivity (Wildman–Crippen MR) is 125 cm³/mol. The van der Waals surface area contributed by atoms with Gasteiger partial charge in [-0.25, -0.2) is 0 Å². The Labute approximate surface area is 191 Å². The number of likely N-dealkylation sites (tertiary alicyclic amines) is 2. The van der Waals surface area contributed by atoms with Gasteiger partial charge in [0.1, 0.15) is 11.4 Å². The average Bonchev–Trinajstić information content (AvgIpc) is 3.52. The van der Waals surface area contributed by atoms with E-state index in [1.165, 1.54) is 18.5 Å². The molecule has 9 nitrogen and oxygen atoms in total. The quantitative estimate of drug-likeness (QED) is 0.288. The van der Waals surface area contributed by atoms with E-state index in [0.717, 1.165) is 35.4 Å². The molecule has 0 aliphatic carbocycles. The van der Waals surface area contributed by atoms with Gasteiger partial charge in [-0.2, -0.15) is 9.61 Å². The number of hydrogen-bond acceptors (Lipinski definition) is 8. The maximum atomic E-state index is 9.07. The van der Waals surface area contributed by atoms with Crippen LogP contribution in [0.1, 0.15) is 36.0 Å². The molecule has 5 heterocycles. The van der Waals surface area contributed by atoms with Crippen LogP contribution in [0.15, 0.2) is 47.8 Å². The molecule has 33 heavy (non-hydrogen) atoms. The molecule has 2 aliphatic heterocycles. The second-order valence-electron chi connectivity index (χ2n) is 9.25. The Morgan fingerprint density at radius 1 is 1.09 bits per heavy atom. The van der Waals surface area contributed by atoms with Crippen LogP contribution < -0.4 is 0 Å². The molecule has 2 atom stereocenters. The number of pyridine rings is 1. The molecule has 0 amide bonds. The second-order valence-corrected chi connectivity index (χ2v) is 9.25. The highest BCUT2D eigenvalue weighted by Gasteiger charge is 2.41. The molecule has 2 aliphatic rings. The maximum absolute atomic E-state index is 9.07. The smallest absolute Gasteiger partial charge is 0.177 e. The zero-order valence-electron chi connectivity index (χ0n) is 18.8. The van der Waals surface area contributed by atoms with Crippen molar-refractivity contribution in [3.05, 3.63) is 65.2 Å². The Balaban J connectivity index is 1.26. The summed E-state index contributed by atoms with van der Waals surface area (Å²) in [7, 11) is 2.23. The van der Waals surface area contributed by atoms with Crippen molar-refractivity contribution < 1.29 is 5.21 Å². The van der Waals surface area contributed by atoms with Crippen LogP contribution in [0.5, 0.6) is 0 Å². The van der Waals surface area contributed by atoms with E-state index in [4.69, 9.17) is 10.2 Å². The molecule has 3 aromatic heterocycles. The van der Waals surface area contributed by atoms with Crippen LogP contribution in [0.2, 0.25) is 0 Å². The SMILES string of the molecule is C/C(=N\O)c1ccc2nnc(Cc3ccc4ncc(CN5C[C@@H]6C[C@H]5CN6C)cc4c3)n2n1. The van der Waals surface area contributed by atoms with E-state index in [0.29, 0.717) is 35.6 Å². The average molecular weight is 443 g/mol. The van der Waals surface area contributed by atoms with Crippen molar-refractivity contribution >= 4 is 22.3 Å². The third kappa shape index (κ3) is 3.63. The highest BCUT2D eigenvalue weighted by atomic mass is 16.4. The molecule has 1 N–H and O–H groups in total. The minimum atomic E-state index is 0.443. The van der Waals surface area contributed by atoms with Crippen molar-refractivity contribution in [3.8, 4) is 0 Å². The monoisotopic (exact) mass is 442 g/mol. The van der Waals surface area contributed by atoms with Crippen LogP contribution in [0.25, 0.3) is 16.6 Å². The molecular formula is C24H26N8O. The van der Waals surface area contributed by atoms with Gasteiger partial charge in [0.2, 0.25) is 0 Å². The van der Waals surface area contributed by atoms with E-state index in [1.807, 2.05) is 12.3 Å². The summed E-state index contributed by atoms with van der Waals surface area (Å²) in [4.78, 5) is 9.79.